The van der Waals surface area contributed by atoms with Gasteiger partial charge in [0.2, 0.25) is 0 Å². The number of aromatic nitrogens is 2. The first kappa shape index (κ1) is 16.3. The fourth-order valence-corrected chi connectivity index (χ4v) is 2.50. The van der Waals surface area contributed by atoms with Gasteiger partial charge < -0.3 is 14.8 Å². The normalized spacial score (nSPS) is 13.2. The molecule has 24 heavy (non-hydrogen) atoms. The van der Waals surface area contributed by atoms with E-state index in [1.807, 2.05) is 0 Å². The number of nitrogens with zero attached hydrogens (tertiary/aromatic N) is 1. The zero-order valence-electron chi connectivity index (χ0n) is 13.7. The molecule has 6 heteroatoms. The van der Waals surface area contributed by atoms with Gasteiger partial charge in [0.25, 0.3) is 0 Å². The second kappa shape index (κ2) is 5.79. The third-order valence-corrected chi connectivity index (χ3v) is 4.15. The Kier molecular flexibility index (Phi) is 3.93. The van der Waals surface area contributed by atoms with Gasteiger partial charge in [-0.3, -0.25) is 4.57 Å². The minimum Gasteiger partial charge on any atom is -0.457 e. The van der Waals surface area contributed by atoms with Crippen LogP contribution in [0.3, 0.4) is 0 Å². The molecule has 0 saturated carbocycles. The predicted octanol–water partition coefficient (Wildman–Crippen LogP) is 3.59. The van der Waals surface area contributed by atoms with E-state index >= 15 is 0 Å². The molecule has 1 aromatic heterocycles. The number of aromatic amines is 1. The lowest BCUT2D eigenvalue weighted by Gasteiger charge is -2.26. The van der Waals surface area contributed by atoms with Gasteiger partial charge in [-0.05, 0) is 57.2 Å². The van der Waals surface area contributed by atoms with Gasteiger partial charge in [-0.2, -0.15) is 0 Å². The number of aliphatic hydroxyl groups is 1. The molecule has 0 spiro atoms. The molecule has 0 saturated heterocycles. The lowest BCUT2D eigenvalue weighted by molar-refractivity contribution is 0.0308. The fourth-order valence-electron chi connectivity index (χ4n) is 2.50. The molecule has 126 valence electrons. The van der Waals surface area contributed by atoms with E-state index in [0.717, 1.165) is 0 Å². The van der Waals surface area contributed by atoms with Gasteiger partial charge in [0, 0.05) is 6.07 Å². The van der Waals surface area contributed by atoms with Crippen LogP contribution in [0.15, 0.2) is 47.3 Å². The zero-order chi connectivity index (χ0) is 17.5. The third-order valence-electron chi connectivity index (χ3n) is 4.15. The highest BCUT2D eigenvalue weighted by Crippen LogP contribution is 2.28. The summed E-state index contributed by atoms with van der Waals surface area (Å²) in [6.45, 7) is 5.09. The van der Waals surface area contributed by atoms with Crippen molar-refractivity contribution in [2.45, 2.75) is 32.4 Å². The van der Waals surface area contributed by atoms with Crippen LogP contribution < -0.4 is 10.4 Å². The van der Waals surface area contributed by atoms with E-state index in [1.54, 1.807) is 39.0 Å². The number of nitrogens with one attached hydrogen (secondary N) is 1. The molecule has 0 fully saturated rings. The number of fused-ring (bicyclic) bond motifs is 1. The molecule has 1 atom stereocenters. The summed E-state index contributed by atoms with van der Waals surface area (Å²) in [4.78, 5) is 15.0. The Morgan fingerprint density at radius 3 is 2.42 bits per heavy atom. The maximum atomic E-state index is 13.0. The summed E-state index contributed by atoms with van der Waals surface area (Å²) in [5.74, 6) is 0.678. The molecule has 0 bridgehead atoms. The fraction of sp³-hybridized carbons (Fsp3) is 0.278. The minimum absolute atomic E-state index is 0.293. The lowest BCUT2D eigenvalue weighted by Crippen LogP contribution is -2.35. The zero-order valence-corrected chi connectivity index (χ0v) is 13.7. The van der Waals surface area contributed by atoms with E-state index in [-0.39, 0.29) is 11.5 Å². The molecule has 0 radical (unpaired) electrons. The van der Waals surface area contributed by atoms with E-state index in [1.165, 1.54) is 28.8 Å². The van der Waals surface area contributed by atoms with Crippen LogP contribution in [0.25, 0.3) is 11.0 Å². The summed E-state index contributed by atoms with van der Waals surface area (Å²) in [6, 6.07) is 10.4. The van der Waals surface area contributed by atoms with Crippen molar-refractivity contribution in [2.75, 3.05) is 0 Å². The maximum absolute atomic E-state index is 13.0. The Morgan fingerprint density at radius 2 is 1.79 bits per heavy atom. The summed E-state index contributed by atoms with van der Waals surface area (Å²) >= 11 is 0. The summed E-state index contributed by atoms with van der Waals surface area (Å²) in [5, 5.41) is 10.2. The van der Waals surface area contributed by atoms with E-state index in [2.05, 4.69) is 4.98 Å². The monoisotopic (exact) mass is 330 g/mol. The van der Waals surface area contributed by atoms with Gasteiger partial charge in [0.05, 0.1) is 22.7 Å². The molecule has 5 nitrogen and oxygen atoms in total. The molecular formula is C18H19FN2O3. The van der Waals surface area contributed by atoms with Crippen LogP contribution in [-0.4, -0.2) is 20.3 Å². The quantitative estimate of drug-likeness (QED) is 0.768. The number of hydrogen-bond donors (Lipinski definition) is 2. The first-order valence-electron chi connectivity index (χ1n) is 7.66. The van der Waals surface area contributed by atoms with E-state index in [4.69, 9.17) is 4.74 Å². The molecule has 0 aliphatic rings. The van der Waals surface area contributed by atoms with Crippen molar-refractivity contribution in [3.63, 3.8) is 0 Å². The van der Waals surface area contributed by atoms with Crippen LogP contribution in [0, 0.1) is 5.82 Å². The highest BCUT2D eigenvalue weighted by molar-refractivity contribution is 5.77. The van der Waals surface area contributed by atoms with Gasteiger partial charge in [-0.15, -0.1) is 0 Å². The second-order valence-corrected chi connectivity index (χ2v) is 6.36. The van der Waals surface area contributed by atoms with E-state index in [0.29, 0.717) is 22.5 Å². The van der Waals surface area contributed by atoms with Gasteiger partial charge in [-0.1, -0.05) is 0 Å². The number of benzene rings is 2. The smallest absolute Gasteiger partial charge is 0.326 e. The van der Waals surface area contributed by atoms with Crippen LogP contribution in [0.4, 0.5) is 4.39 Å². The highest BCUT2D eigenvalue weighted by Gasteiger charge is 2.27. The SMILES string of the molecule is CC(n1c(=O)[nH]c2ccc(Oc3ccc(F)cc3)cc21)C(C)(C)O. The highest BCUT2D eigenvalue weighted by atomic mass is 19.1. The summed E-state index contributed by atoms with van der Waals surface area (Å²) in [7, 11) is 0. The maximum Gasteiger partial charge on any atom is 0.326 e. The molecule has 0 amide bonds. The van der Waals surface area contributed by atoms with Crippen molar-refractivity contribution < 1.29 is 14.2 Å². The molecule has 2 N–H and O–H groups in total. The molecule has 0 aliphatic heterocycles. The molecule has 2 aromatic carbocycles. The molecule has 3 rings (SSSR count). The molecule has 1 unspecified atom stereocenters. The first-order chi connectivity index (χ1) is 11.3. The predicted molar refractivity (Wildman–Crippen MR) is 90.0 cm³/mol. The van der Waals surface area contributed by atoms with Gasteiger partial charge in [0.1, 0.15) is 17.3 Å². The molecular weight excluding hydrogens is 311 g/mol. The third kappa shape index (κ3) is 3.05. The Labute approximate surface area is 138 Å². The second-order valence-electron chi connectivity index (χ2n) is 6.36. The summed E-state index contributed by atoms with van der Waals surface area (Å²) < 4.78 is 20.2. The number of H-pyrrole nitrogens is 1. The van der Waals surface area contributed by atoms with Crippen LogP contribution >= 0.6 is 0 Å². The van der Waals surface area contributed by atoms with Crippen molar-refractivity contribution >= 4 is 11.0 Å². The van der Waals surface area contributed by atoms with Crippen molar-refractivity contribution in [3.8, 4) is 11.5 Å². The van der Waals surface area contributed by atoms with Crippen LogP contribution in [-0.2, 0) is 0 Å². The van der Waals surface area contributed by atoms with E-state index in [9.17, 15) is 14.3 Å². The number of halogens is 1. The van der Waals surface area contributed by atoms with Gasteiger partial charge in [0.15, 0.2) is 0 Å². The Balaban J connectivity index is 2.03. The van der Waals surface area contributed by atoms with Gasteiger partial charge >= 0.3 is 5.69 Å². The Morgan fingerprint density at radius 1 is 1.17 bits per heavy atom. The Bertz CT molecular complexity index is 920. The van der Waals surface area contributed by atoms with E-state index < -0.39 is 11.6 Å². The van der Waals surface area contributed by atoms with Crippen molar-refractivity contribution in [3.05, 3.63) is 58.8 Å². The number of hydrogen-bond acceptors (Lipinski definition) is 3. The largest absolute Gasteiger partial charge is 0.457 e. The number of ether oxygens (including phenoxy) is 1. The summed E-state index contributed by atoms with van der Waals surface area (Å²) in [5.41, 5.74) is -0.0670. The minimum atomic E-state index is -1.06. The van der Waals surface area contributed by atoms with Crippen molar-refractivity contribution in [2.24, 2.45) is 0 Å². The van der Waals surface area contributed by atoms with Crippen LogP contribution in [0.2, 0.25) is 0 Å². The Hall–Kier alpha value is -2.60. The molecule has 1 heterocycles. The average molecular weight is 330 g/mol. The van der Waals surface area contributed by atoms with Crippen molar-refractivity contribution in [1.82, 2.24) is 9.55 Å². The first-order valence-corrected chi connectivity index (χ1v) is 7.66. The molecule has 3 aromatic rings. The summed E-state index contributed by atoms with van der Waals surface area (Å²) in [6.07, 6.45) is 0. The van der Waals surface area contributed by atoms with Crippen molar-refractivity contribution in [1.29, 1.82) is 0 Å². The number of rotatable bonds is 4. The lowest BCUT2D eigenvalue weighted by atomic mass is 10.0. The molecule has 0 aliphatic carbocycles. The van der Waals surface area contributed by atoms with Crippen LogP contribution in [0.5, 0.6) is 11.5 Å². The average Bonchev–Trinajstić information content (AvgIpc) is 2.83. The van der Waals surface area contributed by atoms with Gasteiger partial charge in [-0.25, -0.2) is 9.18 Å². The number of imidazole rings is 1. The standard InChI is InChI=1S/C18H19FN2O3/c1-11(18(2,3)23)21-16-10-14(8-9-15(16)20-17(21)22)24-13-6-4-12(19)5-7-13/h4-11,23H,1-3H3,(H,20,22). The topological polar surface area (TPSA) is 67.2 Å². The van der Waals surface area contributed by atoms with Crippen LogP contribution in [0.1, 0.15) is 26.8 Å².